The zero-order valence-electron chi connectivity index (χ0n) is 17.2. The van der Waals surface area contributed by atoms with Crippen LogP contribution in [-0.2, 0) is 4.74 Å². The van der Waals surface area contributed by atoms with E-state index in [2.05, 4.69) is 19.9 Å². The highest BCUT2D eigenvalue weighted by Gasteiger charge is 2.30. The van der Waals surface area contributed by atoms with E-state index in [0.717, 1.165) is 55.2 Å². The Bertz CT molecular complexity index is 1020. The molecule has 2 aliphatic rings. The second-order valence-electron chi connectivity index (χ2n) is 7.77. The Labute approximate surface area is 184 Å². The molecule has 9 heteroatoms. The van der Waals surface area contributed by atoms with Gasteiger partial charge in [-0.2, -0.15) is 0 Å². The molecule has 3 aromatic heterocycles. The summed E-state index contributed by atoms with van der Waals surface area (Å²) in [5, 5.41) is 1.82. The minimum absolute atomic E-state index is 0.00105. The number of piperidine rings is 1. The van der Waals surface area contributed by atoms with Crippen molar-refractivity contribution in [3.8, 4) is 11.1 Å². The molecule has 8 nitrogen and oxygen atoms in total. The quantitative estimate of drug-likeness (QED) is 0.622. The van der Waals surface area contributed by atoms with Gasteiger partial charge in [0.1, 0.15) is 5.69 Å². The van der Waals surface area contributed by atoms with Gasteiger partial charge in [-0.05, 0) is 30.5 Å². The first-order valence-corrected chi connectivity index (χ1v) is 11.5. The van der Waals surface area contributed by atoms with Gasteiger partial charge in [-0.25, -0.2) is 15.0 Å². The van der Waals surface area contributed by atoms with Crippen molar-refractivity contribution in [3.63, 3.8) is 0 Å². The normalized spacial score (nSPS) is 19.4. The highest BCUT2D eigenvalue weighted by molar-refractivity contribution is 7.07. The Balaban J connectivity index is 1.48. The van der Waals surface area contributed by atoms with E-state index < -0.39 is 0 Å². The van der Waals surface area contributed by atoms with E-state index in [0.29, 0.717) is 25.5 Å². The molecule has 160 valence electrons. The maximum atomic E-state index is 12.9. The molecule has 0 bridgehead atoms. The molecule has 2 fully saturated rings. The average molecular weight is 437 g/mol. The molecule has 2 aliphatic heterocycles. The van der Waals surface area contributed by atoms with E-state index >= 15 is 0 Å². The van der Waals surface area contributed by atoms with Crippen LogP contribution in [0.4, 0.5) is 5.95 Å². The standard InChI is InChI=1S/C22H24N6O2S/c29-21(19-14-31-15-25-19)28-7-1-2-17(13-28)20-18(16-3-5-23-6-4-16)12-24-22(26-20)27-8-10-30-11-9-27/h3-6,12,14-15,17H,1-2,7-11,13H2. The van der Waals surface area contributed by atoms with Crippen LogP contribution in [0.2, 0.25) is 0 Å². The van der Waals surface area contributed by atoms with Gasteiger partial charge in [0.15, 0.2) is 0 Å². The zero-order chi connectivity index (χ0) is 21.0. The molecule has 1 atom stereocenters. The third kappa shape index (κ3) is 4.28. The number of carbonyl (C=O) groups excluding carboxylic acids is 1. The maximum absolute atomic E-state index is 12.9. The number of carbonyl (C=O) groups is 1. The van der Waals surface area contributed by atoms with Crippen molar-refractivity contribution in [2.24, 2.45) is 0 Å². The summed E-state index contributed by atoms with van der Waals surface area (Å²) < 4.78 is 5.48. The summed E-state index contributed by atoms with van der Waals surface area (Å²) in [7, 11) is 0. The van der Waals surface area contributed by atoms with Gasteiger partial charge in [-0.15, -0.1) is 11.3 Å². The number of anilines is 1. The number of pyridine rings is 1. The number of amides is 1. The number of hydrogen-bond acceptors (Lipinski definition) is 8. The predicted octanol–water partition coefficient (Wildman–Crippen LogP) is 2.85. The van der Waals surface area contributed by atoms with E-state index in [1.54, 1.807) is 17.9 Å². The number of morpholine rings is 1. The van der Waals surface area contributed by atoms with Crippen molar-refractivity contribution < 1.29 is 9.53 Å². The molecular weight excluding hydrogens is 412 g/mol. The monoisotopic (exact) mass is 436 g/mol. The number of hydrogen-bond donors (Lipinski definition) is 0. The SMILES string of the molecule is O=C(c1cscn1)N1CCCC(c2nc(N3CCOCC3)ncc2-c2ccncc2)C1. The van der Waals surface area contributed by atoms with Crippen LogP contribution in [0.5, 0.6) is 0 Å². The van der Waals surface area contributed by atoms with Gasteiger partial charge in [0, 0.05) is 61.6 Å². The second kappa shape index (κ2) is 9.07. The summed E-state index contributed by atoms with van der Waals surface area (Å²) in [5.74, 6) is 0.875. The predicted molar refractivity (Wildman–Crippen MR) is 118 cm³/mol. The fourth-order valence-corrected chi connectivity index (χ4v) is 4.76. The topological polar surface area (TPSA) is 84.3 Å². The lowest BCUT2D eigenvalue weighted by Crippen LogP contribution is -2.40. The van der Waals surface area contributed by atoms with Crippen molar-refractivity contribution in [1.29, 1.82) is 0 Å². The Morgan fingerprint density at radius 1 is 1.13 bits per heavy atom. The van der Waals surface area contributed by atoms with Gasteiger partial charge in [-0.3, -0.25) is 9.78 Å². The molecule has 1 unspecified atom stereocenters. The highest BCUT2D eigenvalue weighted by atomic mass is 32.1. The summed E-state index contributed by atoms with van der Waals surface area (Å²) in [5.41, 5.74) is 5.28. The van der Waals surface area contributed by atoms with Crippen molar-refractivity contribution in [2.45, 2.75) is 18.8 Å². The average Bonchev–Trinajstić information content (AvgIpc) is 3.39. The number of likely N-dealkylation sites (tertiary alicyclic amines) is 1. The maximum Gasteiger partial charge on any atom is 0.273 e. The Morgan fingerprint density at radius 3 is 2.74 bits per heavy atom. The Kier molecular flexibility index (Phi) is 5.86. The van der Waals surface area contributed by atoms with E-state index in [-0.39, 0.29) is 11.8 Å². The summed E-state index contributed by atoms with van der Waals surface area (Å²) in [4.78, 5) is 35.1. The third-order valence-electron chi connectivity index (χ3n) is 5.84. The van der Waals surface area contributed by atoms with Gasteiger partial charge in [-0.1, -0.05) is 0 Å². The molecule has 0 saturated carbocycles. The minimum atomic E-state index is -0.00105. The molecule has 0 aliphatic carbocycles. The van der Waals surface area contributed by atoms with Crippen molar-refractivity contribution in [2.75, 3.05) is 44.3 Å². The second-order valence-corrected chi connectivity index (χ2v) is 8.49. The van der Waals surface area contributed by atoms with Crippen LogP contribution in [0.25, 0.3) is 11.1 Å². The summed E-state index contributed by atoms with van der Waals surface area (Å²) in [6.45, 7) is 4.32. The van der Waals surface area contributed by atoms with Crippen LogP contribution in [-0.4, -0.2) is 70.1 Å². The minimum Gasteiger partial charge on any atom is -0.378 e. The van der Waals surface area contributed by atoms with E-state index in [9.17, 15) is 4.79 Å². The molecule has 0 N–H and O–H groups in total. The Hall–Kier alpha value is -2.91. The van der Waals surface area contributed by atoms with Crippen molar-refractivity contribution in [3.05, 3.63) is 53.0 Å². The van der Waals surface area contributed by atoms with Crippen LogP contribution in [0.3, 0.4) is 0 Å². The van der Waals surface area contributed by atoms with Gasteiger partial charge >= 0.3 is 0 Å². The fraction of sp³-hybridized carbons (Fsp3) is 0.409. The van der Waals surface area contributed by atoms with Crippen LogP contribution in [0.1, 0.15) is 34.9 Å². The van der Waals surface area contributed by atoms with Crippen molar-refractivity contribution >= 4 is 23.2 Å². The summed E-state index contributed by atoms with van der Waals surface area (Å²) in [6.07, 6.45) is 7.41. The first kappa shape index (κ1) is 20.0. The number of thiazole rings is 1. The molecule has 0 aromatic carbocycles. The van der Waals surface area contributed by atoms with Crippen LogP contribution >= 0.6 is 11.3 Å². The smallest absolute Gasteiger partial charge is 0.273 e. The summed E-state index contributed by atoms with van der Waals surface area (Å²) >= 11 is 1.45. The Morgan fingerprint density at radius 2 is 1.97 bits per heavy atom. The molecule has 5 rings (SSSR count). The highest BCUT2D eigenvalue weighted by Crippen LogP contribution is 2.34. The first-order valence-electron chi connectivity index (χ1n) is 10.6. The molecule has 31 heavy (non-hydrogen) atoms. The molecular formula is C22H24N6O2S. The van der Waals surface area contributed by atoms with E-state index in [4.69, 9.17) is 9.72 Å². The number of aromatic nitrogens is 4. The number of nitrogens with zero attached hydrogens (tertiary/aromatic N) is 6. The van der Waals surface area contributed by atoms with Crippen LogP contribution < -0.4 is 4.90 Å². The van der Waals surface area contributed by atoms with Crippen LogP contribution in [0.15, 0.2) is 41.6 Å². The van der Waals surface area contributed by atoms with Crippen LogP contribution in [0, 0.1) is 0 Å². The van der Waals surface area contributed by atoms with Gasteiger partial charge in [0.2, 0.25) is 5.95 Å². The van der Waals surface area contributed by atoms with Crippen molar-refractivity contribution in [1.82, 2.24) is 24.8 Å². The molecule has 0 spiro atoms. The lowest BCUT2D eigenvalue weighted by Gasteiger charge is -2.34. The first-order chi connectivity index (χ1) is 15.3. The number of rotatable bonds is 4. The molecule has 1 amide bonds. The van der Waals surface area contributed by atoms with E-state index in [1.165, 1.54) is 11.3 Å². The fourth-order valence-electron chi connectivity index (χ4n) is 4.23. The van der Waals surface area contributed by atoms with E-state index in [1.807, 2.05) is 28.6 Å². The molecule has 0 radical (unpaired) electrons. The van der Waals surface area contributed by atoms with Gasteiger partial charge < -0.3 is 14.5 Å². The molecule has 5 heterocycles. The molecule has 2 saturated heterocycles. The zero-order valence-corrected chi connectivity index (χ0v) is 18.0. The lowest BCUT2D eigenvalue weighted by molar-refractivity contribution is 0.0701. The summed E-state index contributed by atoms with van der Waals surface area (Å²) in [6, 6.07) is 3.97. The van der Waals surface area contributed by atoms with Gasteiger partial charge in [0.25, 0.3) is 5.91 Å². The largest absolute Gasteiger partial charge is 0.378 e. The number of ether oxygens (including phenoxy) is 1. The third-order valence-corrected chi connectivity index (χ3v) is 6.42. The lowest BCUT2D eigenvalue weighted by atomic mass is 9.90. The van der Waals surface area contributed by atoms with Gasteiger partial charge in [0.05, 0.1) is 24.4 Å². The molecule has 3 aromatic rings.